The van der Waals surface area contributed by atoms with Crippen molar-refractivity contribution in [1.82, 2.24) is 0 Å². The van der Waals surface area contributed by atoms with E-state index in [1.54, 1.807) is 0 Å². The van der Waals surface area contributed by atoms with Crippen LogP contribution in [0.4, 0.5) is 5.82 Å². The number of benzene rings is 1. The molecule has 2 aromatic rings. The van der Waals surface area contributed by atoms with Crippen LogP contribution in [0.5, 0.6) is 0 Å². The smallest absolute Gasteiger partial charge is 0.325 e. The van der Waals surface area contributed by atoms with E-state index in [1.807, 2.05) is 37.3 Å². The number of hydrogen-bond donors (Lipinski definition) is 0. The maximum atomic E-state index is 5.76. The second kappa shape index (κ2) is 4.55. The summed E-state index contributed by atoms with van der Waals surface area (Å²) in [7, 11) is 0. The van der Waals surface area contributed by atoms with Gasteiger partial charge in [0, 0.05) is 11.6 Å². The summed E-state index contributed by atoms with van der Waals surface area (Å²) in [6, 6.07) is 14.2. The molecule has 1 unspecified atom stereocenters. The van der Waals surface area contributed by atoms with Crippen molar-refractivity contribution in [3.05, 3.63) is 59.3 Å². The molecule has 0 fully saturated rings. The fraction of sp³-hybridized carbons (Fsp3) is 0.143. The van der Waals surface area contributed by atoms with E-state index < -0.39 is 5.39 Å². The van der Waals surface area contributed by atoms with E-state index in [4.69, 9.17) is 29.0 Å². The van der Waals surface area contributed by atoms with Crippen LogP contribution >= 0.6 is 5.39 Å². The molecule has 0 N–H and O–H groups in total. The van der Waals surface area contributed by atoms with E-state index in [0.29, 0.717) is 0 Å². The van der Waals surface area contributed by atoms with Crippen LogP contribution in [0.1, 0.15) is 16.8 Å². The summed E-state index contributed by atoms with van der Waals surface area (Å²) in [4.78, 5) is 4.72. The lowest BCUT2D eigenvalue weighted by molar-refractivity contribution is -0.497. The zero-order valence-electron chi connectivity index (χ0n) is 10.7. The van der Waals surface area contributed by atoms with Crippen molar-refractivity contribution in [3.8, 4) is 0 Å². The second-order valence-electron chi connectivity index (χ2n) is 4.67. The second-order valence-corrected chi connectivity index (χ2v) is 10.4. The lowest BCUT2D eigenvalue weighted by Gasteiger charge is -2.22. The topological polar surface area (TPSA) is 16.2 Å². The van der Waals surface area contributed by atoms with Crippen LogP contribution < -0.4 is 4.34 Å². The molecule has 19 heavy (non-hydrogen) atoms. The van der Waals surface area contributed by atoms with Crippen LogP contribution in [-0.4, -0.2) is 5.45 Å². The van der Waals surface area contributed by atoms with Gasteiger partial charge in [-0.1, -0.05) is 42.1 Å². The minimum absolute atomic E-state index is 0.881. The Hall–Kier alpha value is -0.960. The van der Waals surface area contributed by atoms with Crippen LogP contribution in [-0.2, 0) is 24.1 Å². The Morgan fingerprint density at radius 1 is 1.16 bits per heavy atom. The summed E-state index contributed by atoms with van der Waals surface area (Å²) < 4.78 is 2.06. The molecular weight excluding hydrogens is 291 g/mol. The van der Waals surface area contributed by atoms with Gasteiger partial charge in [0.05, 0.1) is 5.39 Å². The van der Waals surface area contributed by atoms with Crippen LogP contribution in [0.25, 0.3) is 0 Å². The molecule has 1 aliphatic heterocycles. The van der Waals surface area contributed by atoms with Gasteiger partial charge in [-0.25, -0.2) is 4.34 Å². The molecule has 0 saturated carbocycles. The van der Waals surface area contributed by atoms with Gasteiger partial charge in [0.25, 0.3) is 0 Å². The molecule has 0 saturated heterocycles. The summed E-state index contributed by atoms with van der Waals surface area (Å²) in [5.41, 5.74) is 4.21. The largest absolute Gasteiger partial charge is 0.694 e. The average molecular weight is 304 g/mol. The van der Waals surface area contributed by atoms with Gasteiger partial charge in [-0.3, -0.25) is 0 Å². The molecule has 5 heteroatoms. The van der Waals surface area contributed by atoms with E-state index in [2.05, 4.69) is 23.4 Å². The first-order chi connectivity index (χ1) is 9.00. The molecule has 0 aliphatic carbocycles. The number of nitrogens with zero attached hydrogens (tertiary/aromatic N) is 2. The Morgan fingerprint density at radius 3 is 2.53 bits per heavy atom. The molecular formula is C14H13N2PS2. The molecule has 2 nitrogen and oxygen atoms in total. The highest BCUT2D eigenvalue weighted by molar-refractivity contribution is 8.58. The SMILES string of the molecule is Cc1cc(C)[n+]2c(c1)N=C(c1ccccc1)P2(=S)[S-]. The number of rotatable bonds is 1. The van der Waals surface area contributed by atoms with E-state index >= 15 is 0 Å². The summed E-state index contributed by atoms with van der Waals surface area (Å²) >= 11 is 11.5. The van der Waals surface area contributed by atoms with Crippen molar-refractivity contribution in [2.75, 3.05) is 0 Å². The minimum Gasteiger partial charge on any atom is -0.694 e. The monoisotopic (exact) mass is 304 g/mol. The Morgan fingerprint density at radius 2 is 1.84 bits per heavy atom. The highest BCUT2D eigenvalue weighted by atomic mass is 32.9. The third-order valence-electron chi connectivity index (χ3n) is 3.13. The predicted molar refractivity (Wildman–Crippen MR) is 85.8 cm³/mol. The first kappa shape index (κ1) is 13.0. The summed E-state index contributed by atoms with van der Waals surface area (Å²) in [6.45, 7) is 4.12. The molecule has 0 bridgehead atoms. The Kier molecular flexibility index (Phi) is 3.12. The van der Waals surface area contributed by atoms with Crippen molar-refractivity contribution in [2.24, 2.45) is 4.99 Å². The molecule has 1 aliphatic rings. The zero-order valence-corrected chi connectivity index (χ0v) is 13.2. The molecule has 0 amide bonds. The van der Waals surface area contributed by atoms with Crippen molar-refractivity contribution in [2.45, 2.75) is 13.8 Å². The van der Waals surface area contributed by atoms with E-state index in [9.17, 15) is 0 Å². The molecule has 3 rings (SSSR count). The molecule has 96 valence electrons. The van der Waals surface area contributed by atoms with Gasteiger partial charge < -0.3 is 12.2 Å². The Balaban J connectivity index is 2.25. The molecule has 1 aromatic heterocycles. The third-order valence-corrected chi connectivity index (χ3v) is 7.09. The average Bonchev–Trinajstić information content (AvgIpc) is 2.61. The summed E-state index contributed by atoms with van der Waals surface area (Å²) in [5, 5.41) is -2.24. The molecule has 1 atom stereocenters. The highest BCUT2D eigenvalue weighted by Crippen LogP contribution is 2.49. The van der Waals surface area contributed by atoms with Gasteiger partial charge in [-0.2, -0.15) is 0 Å². The molecule has 0 spiro atoms. The quantitative estimate of drug-likeness (QED) is 0.593. The van der Waals surface area contributed by atoms with Gasteiger partial charge in [0.1, 0.15) is 5.69 Å². The van der Waals surface area contributed by atoms with Crippen molar-refractivity contribution < 1.29 is 4.34 Å². The standard InChI is InChI=1S/C14H13N2PS2/c1-10-8-11(2)16-13(9-10)15-14(17(16,18)19)12-6-4-3-5-7-12/h3-9H,1-2H3. The maximum Gasteiger partial charge on any atom is 0.325 e. The predicted octanol–water partition coefficient (Wildman–Crippen LogP) is 3.39. The van der Waals surface area contributed by atoms with Crippen LogP contribution in [0, 0.1) is 13.8 Å². The van der Waals surface area contributed by atoms with Crippen LogP contribution in [0.2, 0.25) is 0 Å². The summed E-state index contributed by atoms with van der Waals surface area (Å²) in [6.07, 6.45) is 0. The first-order valence-electron chi connectivity index (χ1n) is 6.00. The number of aliphatic imine (C=N–C) groups is 1. The molecule has 2 heterocycles. The number of pyridine rings is 1. The van der Waals surface area contributed by atoms with Gasteiger partial charge in [0.15, 0.2) is 0 Å². The number of hydrogen-bond acceptors (Lipinski definition) is 3. The lowest BCUT2D eigenvalue weighted by atomic mass is 10.2. The van der Waals surface area contributed by atoms with Crippen molar-refractivity contribution in [3.63, 3.8) is 0 Å². The van der Waals surface area contributed by atoms with Crippen molar-refractivity contribution >= 4 is 40.7 Å². The van der Waals surface area contributed by atoms with Crippen LogP contribution in [0.3, 0.4) is 0 Å². The lowest BCUT2D eigenvalue weighted by Crippen LogP contribution is -2.32. The van der Waals surface area contributed by atoms with Crippen molar-refractivity contribution in [1.29, 1.82) is 0 Å². The first-order valence-corrected chi connectivity index (χ1v) is 9.77. The maximum absolute atomic E-state index is 5.76. The number of aryl methyl sites for hydroxylation is 2. The Bertz CT molecular complexity index is 739. The summed E-state index contributed by atoms with van der Waals surface area (Å²) in [5.74, 6) is 0.898. The van der Waals surface area contributed by atoms with Crippen LogP contribution in [0.15, 0.2) is 47.5 Å². The fourth-order valence-corrected chi connectivity index (χ4v) is 6.27. The Labute approximate surface area is 123 Å². The number of fused-ring (bicyclic) bond motifs is 1. The highest BCUT2D eigenvalue weighted by Gasteiger charge is 2.34. The number of aromatic nitrogens is 1. The molecule has 1 aromatic carbocycles. The van der Waals surface area contributed by atoms with E-state index in [0.717, 1.165) is 22.5 Å². The third kappa shape index (κ3) is 2.08. The normalized spacial score (nSPS) is 21.1. The minimum atomic E-state index is -2.24. The zero-order chi connectivity index (χ0) is 13.6. The molecule has 0 radical (unpaired) electrons. The van der Waals surface area contributed by atoms with E-state index in [1.165, 1.54) is 5.56 Å². The van der Waals surface area contributed by atoms with Gasteiger partial charge >= 0.3 is 5.82 Å². The van der Waals surface area contributed by atoms with Gasteiger partial charge in [-0.15, -0.1) is 0 Å². The van der Waals surface area contributed by atoms with Gasteiger partial charge in [0.2, 0.25) is 5.45 Å². The fourth-order valence-electron chi connectivity index (χ4n) is 2.38. The van der Waals surface area contributed by atoms with E-state index in [-0.39, 0.29) is 0 Å². The van der Waals surface area contributed by atoms with Gasteiger partial charge in [-0.05, 0) is 30.5 Å².